The molecule has 2 aromatic carbocycles. The van der Waals surface area contributed by atoms with Crippen LogP contribution in [0, 0.1) is 12.7 Å². The number of hydrogen-bond acceptors (Lipinski definition) is 6. The topological polar surface area (TPSA) is 91.2 Å². The number of ether oxygens (including phenoxy) is 2. The summed E-state index contributed by atoms with van der Waals surface area (Å²) in [6.07, 6.45) is 1.47. The predicted octanol–water partition coefficient (Wildman–Crippen LogP) is 3.87. The lowest BCUT2D eigenvalue weighted by Crippen LogP contribution is -2.46. The Morgan fingerprint density at radius 3 is 2.74 bits per heavy atom. The predicted molar refractivity (Wildman–Crippen MR) is 138 cm³/mol. The zero-order chi connectivity index (χ0) is 27.6. The highest BCUT2D eigenvalue weighted by Crippen LogP contribution is 2.34. The van der Waals surface area contributed by atoms with E-state index in [4.69, 9.17) is 16.3 Å². The molecule has 8 nitrogen and oxygen atoms in total. The van der Waals surface area contributed by atoms with E-state index < -0.39 is 30.4 Å². The summed E-state index contributed by atoms with van der Waals surface area (Å²) < 4.78 is 51.0. The van der Waals surface area contributed by atoms with Crippen molar-refractivity contribution in [3.63, 3.8) is 0 Å². The first-order valence-corrected chi connectivity index (χ1v) is 11.9. The summed E-state index contributed by atoms with van der Waals surface area (Å²) in [6.45, 7) is -0.588. The second-order valence-electron chi connectivity index (χ2n) is 9.12. The number of aromatic nitrogens is 4. The van der Waals surface area contributed by atoms with Crippen molar-refractivity contribution in [2.45, 2.75) is 32.5 Å². The maximum atomic E-state index is 14.4. The lowest BCUT2D eigenvalue weighted by atomic mass is 9.72. The number of para-hydroxylation sites is 1. The molecule has 4 rings (SSSR count). The van der Waals surface area contributed by atoms with E-state index >= 15 is 0 Å². The number of fused-ring (bicyclic) bond motifs is 1. The van der Waals surface area contributed by atoms with Gasteiger partial charge in [0.15, 0.2) is 5.82 Å². The first kappa shape index (κ1) is 27.4. The van der Waals surface area contributed by atoms with Gasteiger partial charge in [0.05, 0.1) is 5.02 Å². The van der Waals surface area contributed by atoms with Crippen molar-refractivity contribution >= 4 is 36.3 Å². The first-order valence-electron chi connectivity index (χ1n) is 11.5. The number of hydrogen-bond donors (Lipinski definition) is 1. The molecule has 38 heavy (non-hydrogen) atoms. The number of alkyl halides is 2. The van der Waals surface area contributed by atoms with E-state index in [1.54, 1.807) is 32.6 Å². The zero-order valence-corrected chi connectivity index (χ0v) is 21.8. The number of nitrogens with one attached hydrogen (secondary N) is 1. The Morgan fingerprint density at radius 2 is 2.05 bits per heavy atom. The van der Waals surface area contributed by atoms with Crippen LogP contribution in [0.2, 0.25) is 5.02 Å². The van der Waals surface area contributed by atoms with Gasteiger partial charge < -0.3 is 14.8 Å². The molecule has 198 valence electrons. The molecule has 0 bridgehead atoms. The minimum atomic E-state index is -3.09. The van der Waals surface area contributed by atoms with Gasteiger partial charge in [-0.15, -0.1) is 0 Å². The third-order valence-electron chi connectivity index (χ3n) is 5.88. The number of pyridine rings is 1. The monoisotopic (exact) mass is 545 g/mol. The van der Waals surface area contributed by atoms with E-state index in [-0.39, 0.29) is 11.6 Å². The fraction of sp³-hybridized carbons (Fsp3) is 0.280. The number of rotatable bonds is 9. The van der Waals surface area contributed by atoms with Gasteiger partial charge in [-0.25, -0.2) is 19.0 Å². The molecule has 2 heterocycles. The van der Waals surface area contributed by atoms with Crippen LogP contribution in [0.5, 0.6) is 5.75 Å². The molecule has 1 N–H and O–H groups in total. The Hall–Kier alpha value is -3.64. The van der Waals surface area contributed by atoms with Gasteiger partial charge in [0, 0.05) is 34.7 Å². The highest BCUT2D eigenvalue weighted by Gasteiger charge is 2.28. The van der Waals surface area contributed by atoms with Crippen LogP contribution < -0.4 is 10.1 Å². The number of aryl methyl sites for hydroxylation is 2. The molecular formula is C25H24BClF3N5O3. The molecule has 0 saturated carbocycles. The molecule has 0 saturated heterocycles. The smallest absolute Gasteiger partial charge is 0.345 e. The van der Waals surface area contributed by atoms with Gasteiger partial charge in [0.1, 0.15) is 44.5 Å². The van der Waals surface area contributed by atoms with E-state index in [1.165, 1.54) is 12.4 Å². The van der Waals surface area contributed by atoms with Crippen LogP contribution in [0.3, 0.4) is 0 Å². The van der Waals surface area contributed by atoms with E-state index in [0.29, 0.717) is 28.2 Å². The maximum absolute atomic E-state index is 14.4. The van der Waals surface area contributed by atoms with E-state index in [2.05, 4.69) is 25.1 Å². The zero-order valence-electron chi connectivity index (χ0n) is 21.1. The summed E-state index contributed by atoms with van der Waals surface area (Å²) in [7, 11) is 3.39. The second kappa shape index (κ2) is 11.0. The standard InChI is InChI=1S/C25H24BClF3N5O3/c1-13-7-16(23-31-12-32-35(23)3)15-5-4-6-20(22(15)33-13)37-10-17-18(8-14(28)9-19(17)27)25(2,26)34-21(36)11-38-24(29)30/h4-9,12,24H,10-11,26H2,1-3H3,(H,34,36)/t25-/m0/s1. The SMILES string of the molecule is B[C@@](C)(NC(=O)COC(F)F)c1cc(F)cc(Cl)c1COc1cccc2c(-c3ncnn3C)cc(C)nc12. The van der Waals surface area contributed by atoms with Gasteiger partial charge >= 0.3 is 6.61 Å². The normalized spacial score (nSPS) is 13.1. The summed E-state index contributed by atoms with van der Waals surface area (Å²) in [5.74, 6) is -0.314. The lowest BCUT2D eigenvalue weighted by molar-refractivity contribution is -0.152. The van der Waals surface area contributed by atoms with Crippen molar-refractivity contribution in [2.75, 3.05) is 6.61 Å². The number of halogens is 4. The molecule has 0 aliphatic rings. The molecule has 0 aliphatic carbocycles. The van der Waals surface area contributed by atoms with Crippen LogP contribution in [0.1, 0.15) is 23.7 Å². The van der Waals surface area contributed by atoms with Gasteiger partial charge in [0.2, 0.25) is 5.91 Å². The Labute approximate surface area is 222 Å². The highest BCUT2D eigenvalue weighted by atomic mass is 35.5. The summed E-state index contributed by atoms with van der Waals surface area (Å²) >= 11 is 6.41. The Balaban J connectivity index is 1.68. The largest absolute Gasteiger partial charge is 0.487 e. The van der Waals surface area contributed by atoms with Crippen LogP contribution in [-0.4, -0.2) is 46.7 Å². The minimum Gasteiger partial charge on any atom is -0.487 e. The Kier molecular flexibility index (Phi) is 7.93. The summed E-state index contributed by atoms with van der Waals surface area (Å²) in [5, 5.41) is 7.60. The number of carbonyl (C=O) groups is 1. The van der Waals surface area contributed by atoms with Crippen molar-refractivity contribution < 1.29 is 27.4 Å². The molecule has 1 atom stereocenters. The first-order chi connectivity index (χ1) is 18.0. The van der Waals surface area contributed by atoms with Crippen LogP contribution in [0.4, 0.5) is 13.2 Å². The lowest BCUT2D eigenvalue weighted by Gasteiger charge is -2.30. The summed E-state index contributed by atoms with van der Waals surface area (Å²) in [5.41, 5.74) is 1.68. The quantitative estimate of drug-likeness (QED) is 0.321. The van der Waals surface area contributed by atoms with Crippen molar-refractivity contribution in [2.24, 2.45) is 7.05 Å². The fourth-order valence-electron chi connectivity index (χ4n) is 4.24. The molecule has 0 fully saturated rings. The van der Waals surface area contributed by atoms with Gasteiger partial charge in [-0.2, -0.15) is 13.9 Å². The van der Waals surface area contributed by atoms with E-state index in [0.717, 1.165) is 22.7 Å². The maximum Gasteiger partial charge on any atom is 0.345 e. The molecule has 0 unspecified atom stereocenters. The number of nitrogens with zero attached hydrogens (tertiary/aromatic N) is 4. The molecule has 2 aromatic heterocycles. The van der Waals surface area contributed by atoms with Crippen LogP contribution in [0.25, 0.3) is 22.3 Å². The molecule has 4 aromatic rings. The second-order valence-corrected chi connectivity index (χ2v) is 9.53. The van der Waals surface area contributed by atoms with Crippen LogP contribution >= 0.6 is 11.6 Å². The number of carbonyl (C=O) groups excluding carboxylic acids is 1. The molecule has 0 radical (unpaired) electrons. The van der Waals surface area contributed by atoms with Crippen molar-refractivity contribution in [1.29, 1.82) is 0 Å². The average molecular weight is 546 g/mol. The molecule has 0 spiro atoms. The highest BCUT2D eigenvalue weighted by molar-refractivity contribution is 6.31. The summed E-state index contributed by atoms with van der Waals surface area (Å²) in [4.78, 5) is 21.2. The molecule has 13 heteroatoms. The van der Waals surface area contributed by atoms with Gasteiger partial charge in [-0.05, 0) is 43.7 Å². The summed E-state index contributed by atoms with van der Waals surface area (Å²) in [6, 6.07) is 9.73. The fourth-order valence-corrected chi connectivity index (χ4v) is 4.50. The average Bonchev–Trinajstić information content (AvgIpc) is 3.26. The van der Waals surface area contributed by atoms with Gasteiger partial charge in [-0.3, -0.25) is 4.79 Å². The van der Waals surface area contributed by atoms with Gasteiger partial charge in [-0.1, -0.05) is 23.7 Å². The van der Waals surface area contributed by atoms with E-state index in [9.17, 15) is 18.0 Å². The van der Waals surface area contributed by atoms with E-state index in [1.807, 2.05) is 25.1 Å². The molecule has 0 aliphatic heterocycles. The molecular weight excluding hydrogens is 522 g/mol. The van der Waals surface area contributed by atoms with Crippen LogP contribution in [-0.2, 0) is 28.6 Å². The number of benzene rings is 2. The van der Waals surface area contributed by atoms with Crippen molar-refractivity contribution in [3.8, 4) is 17.1 Å². The minimum absolute atomic E-state index is 0.0790. The van der Waals surface area contributed by atoms with Crippen molar-refractivity contribution in [1.82, 2.24) is 25.1 Å². The van der Waals surface area contributed by atoms with Crippen LogP contribution in [0.15, 0.2) is 42.7 Å². The molecule has 1 amide bonds. The number of amides is 1. The Bertz CT molecular complexity index is 1500. The van der Waals surface area contributed by atoms with Gasteiger partial charge in [0.25, 0.3) is 0 Å². The third kappa shape index (κ3) is 5.92. The third-order valence-corrected chi connectivity index (χ3v) is 6.22. The van der Waals surface area contributed by atoms with Crippen molar-refractivity contribution in [3.05, 3.63) is 70.4 Å². The Morgan fingerprint density at radius 1 is 1.29 bits per heavy atom.